The van der Waals surface area contributed by atoms with E-state index in [-0.39, 0.29) is 17.3 Å². The van der Waals surface area contributed by atoms with Gasteiger partial charge in [0.15, 0.2) is 0 Å². The number of hydrogen-bond acceptors (Lipinski definition) is 3. The zero-order valence-electron chi connectivity index (χ0n) is 15.5. The van der Waals surface area contributed by atoms with Crippen LogP contribution < -0.4 is 0 Å². The predicted octanol–water partition coefficient (Wildman–Crippen LogP) is 4.39. The maximum atomic E-state index is 12.3. The molecule has 3 heteroatoms. The summed E-state index contributed by atoms with van der Waals surface area (Å²) < 4.78 is 5.13. The first-order chi connectivity index (χ1) is 11.4. The Morgan fingerprint density at radius 3 is 2.50 bits per heavy atom. The number of hydrogen-bond donors (Lipinski definition) is 0. The second-order valence-corrected chi connectivity index (χ2v) is 9.60. The van der Waals surface area contributed by atoms with Crippen LogP contribution in [0, 0.1) is 40.4 Å². The highest BCUT2D eigenvalue weighted by molar-refractivity contribution is 5.79. The fourth-order valence-electron chi connectivity index (χ4n) is 7.57. The number of esters is 1. The molecule has 0 aromatic heterocycles. The van der Waals surface area contributed by atoms with Crippen LogP contribution in [-0.2, 0) is 14.3 Å². The molecule has 0 aliphatic heterocycles. The highest BCUT2D eigenvalue weighted by Gasteiger charge is 2.61. The molecule has 2 unspecified atom stereocenters. The smallest absolute Gasteiger partial charge is 0.309 e. The molecule has 7 atom stereocenters. The van der Waals surface area contributed by atoms with Gasteiger partial charge in [-0.1, -0.05) is 13.8 Å². The molecule has 0 saturated heterocycles. The van der Waals surface area contributed by atoms with Crippen LogP contribution in [0.25, 0.3) is 0 Å². The molecule has 0 aromatic rings. The molecular formula is C21H32O3. The highest BCUT2D eigenvalue weighted by Crippen LogP contribution is 2.67. The summed E-state index contributed by atoms with van der Waals surface area (Å²) in [4.78, 5) is 24.3. The van der Waals surface area contributed by atoms with E-state index in [2.05, 4.69) is 13.8 Å². The number of ether oxygens (including phenoxy) is 1. The first-order valence-corrected chi connectivity index (χ1v) is 9.99. The molecule has 4 rings (SSSR count). The van der Waals surface area contributed by atoms with E-state index in [1.165, 1.54) is 32.8 Å². The molecule has 4 saturated carbocycles. The highest BCUT2D eigenvalue weighted by atomic mass is 16.5. The van der Waals surface area contributed by atoms with Gasteiger partial charge in [0.25, 0.3) is 0 Å². The van der Waals surface area contributed by atoms with Gasteiger partial charge in [-0.05, 0) is 79.4 Å². The van der Waals surface area contributed by atoms with E-state index in [0.29, 0.717) is 23.0 Å². The van der Waals surface area contributed by atoms with Crippen LogP contribution in [0.5, 0.6) is 0 Å². The lowest BCUT2D eigenvalue weighted by molar-refractivity contribution is -0.157. The largest absolute Gasteiger partial charge is 0.469 e. The van der Waals surface area contributed by atoms with Crippen LogP contribution >= 0.6 is 0 Å². The second kappa shape index (κ2) is 5.57. The fourth-order valence-corrected chi connectivity index (χ4v) is 7.57. The zero-order chi connectivity index (χ0) is 17.1. The molecule has 4 fully saturated rings. The lowest BCUT2D eigenvalue weighted by Gasteiger charge is -2.60. The summed E-state index contributed by atoms with van der Waals surface area (Å²) in [5.74, 6) is 3.42. The Labute approximate surface area is 145 Å². The van der Waals surface area contributed by atoms with Crippen LogP contribution in [-0.4, -0.2) is 18.9 Å². The number of carbonyl (C=O) groups excluding carboxylic acids is 2. The van der Waals surface area contributed by atoms with Crippen molar-refractivity contribution >= 4 is 11.8 Å². The molecule has 134 valence electrons. The minimum atomic E-state index is 0.0154. The molecule has 24 heavy (non-hydrogen) atoms. The van der Waals surface area contributed by atoms with Crippen LogP contribution in [0.4, 0.5) is 0 Å². The van der Waals surface area contributed by atoms with Gasteiger partial charge in [-0.3, -0.25) is 9.59 Å². The van der Waals surface area contributed by atoms with Crippen LogP contribution in [0.15, 0.2) is 0 Å². The van der Waals surface area contributed by atoms with Crippen molar-refractivity contribution in [1.82, 2.24) is 0 Å². The third kappa shape index (κ3) is 2.15. The number of ketones is 1. The van der Waals surface area contributed by atoms with Crippen molar-refractivity contribution in [3.63, 3.8) is 0 Å². The van der Waals surface area contributed by atoms with Crippen molar-refractivity contribution in [3.8, 4) is 0 Å². The summed E-state index contributed by atoms with van der Waals surface area (Å²) in [5, 5.41) is 0. The monoisotopic (exact) mass is 332 g/mol. The van der Waals surface area contributed by atoms with Crippen molar-refractivity contribution in [2.75, 3.05) is 7.11 Å². The van der Waals surface area contributed by atoms with Crippen LogP contribution in [0.1, 0.15) is 71.6 Å². The Balaban J connectivity index is 1.61. The molecule has 0 bridgehead atoms. The van der Waals surface area contributed by atoms with Gasteiger partial charge in [0, 0.05) is 12.8 Å². The van der Waals surface area contributed by atoms with Crippen LogP contribution in [0.3, 0.4) is 0 Å². The van der Waals surface area contributed by atoms with Gasteiger partial charge in [-0.15, -0.1) is 0 Å². The number of methoxy groups -OCH3 is 1. The average Bonchev–Trinajstić information content (AvgIpc) is 2.92. The number of carbonyl (C=O) groups is 2. The summed E-state index contributed by atoms with van der Waals surface area (Å²) in [6.45, 7) is 4.84. The normalized spacial score (nSPS) is 50.6. The molecule has 4 aliphatic carbocycles. The lowest BCUT2D eigenvalue weighted by atomic mass is 9.45. The minimum absolute atomic E-state index is 0.0154. The summed E-state index contributed by atoms with van der Waals surface area (Å²) in [5.41, 5.74) is 0.503. The molecular weight excluding hydrogens is 300 g/mol. The quantitative estimate of drug-likeness (QED) is 0.669. The SMILES string of the molecule is COC(=O)C1CC[C@H]2[C@@H]3CCC4CC(=O)CC[C@]4(C)[C@H]3CC[C@]12C. The number of fused-ring (bicyclic) bond motifs is 5. The third-order valence-corrected chi connectivity index (χ3v) is 8.97. The first kappa shape index (κ1) is 16.6. The summed E-state index contributed by atoms with van der Waals surface area (Å²) in [7, 11) is 1.54. The van der Waals surface area contributed by atoms with Gasteiger partial charge in [0.05, 0.1) is 13.0 Å². The molecule has 0 spiro atoms. The van der Waals surface area contributed by atoms with Crippen molar-refractivity contribution in [2.45, 2.75) is 71.6 Å². The van der Waals surface area contributed by atoms with E-state index in [1.54, 1.807) is 0 Å². The third-order valence-electron chi connectivity index (χ3n) is 8.97. The van der Waals surface area contributed by atoms with Crippen molar-refractivity contribution in [2.24, 2.45) is 40.4 Å². The van der Waals surface area contributed by atoms with E-state index >= 15 is 0 Å². The standard InChI is InChI=1S/C21H32O3/c1-20-10-8-14(22)12-13(20)4-5-15-16-6-7-18(19(23)24-3)21(16,2)11-9-17(15)20/h13,15-18H,4-12H2,1-3H3/t13?,15-,16-,17-,18?,20-,21-/m0/s1. The molecule has 0 aromatic carbocycles. The van der Waals surface area contributed by atoms with E-state index in [4.69, 9.17) is 4.74 Å². The minimum Gasteiger partial charge on any atom is -0.469 e. The van der Waals surface area contributed by atoms with E-state index < -0.39 is 0 Å². The van der Waals surface area contributed by atoms with E-state index in [1.807, 2.05) is 0 Å². The Kier molecular flexibility index (Phi) is 3.85. The average molecular weight is 332 g/mol. The molecule has 0 radical (unpaired) electrons. The van der Waals surface area contributed by atoms with Gasteiger partial charge < -0.3 is 4.74 Å². The zero-order valence-corrected chi connectivity index (χ0v) is 15.5. The van der Waals surface area contributed by atoms with Crippen LogP contribution in [0.2, 0.25) is 0 Å². The molecule has 0 heterocycles. The topological polar surface area (TPSA) is 43.4 Å². The number of Topliss-reactive ketones (excluding diaryl/α,β-unsaturated/α-hetero) is 1. The maximum absolute atomic E-state index is 12.3. The van der Waals surface area contributed by atoms with E-state index in [9.17, 15) is 9.59 Å². The van der Waals surface area contributed by atoms with Gasteiger partial charge >= 0.3 is 5.97 Å². The lowest BCUT2D eigenvalue weighted by Crippen LogP contribution is -2.54. The summed E-state index contributed by atoms with van der Waals surface area (Å²) >= 11 is 0. The van der Waals surface area contributed by atoms with E-state index in [0.717, 1.165) is 43.9 Å². The Hall–Kier alpha value is -0.860. The fraction of sp³-hybridized carbons (Fsp3) is 0.905. The number of rotatable bonds is 1. The Morgan fingerprint density at radius 1 is 1.00 bits per heavy atom. The Morgan fingerprint density at radius 2 is 1.75 bits per heavy atom. The van der Waals surface area contributed by atoms with Gasteiger partial charge in [0.1, 0.15) is 5.78 Å². The first-order valence-electron chi connectivity index (χ1n) is 9.99. The van der Waals surface area contributed by atoms with Crippen molar-refractivity contribution in [1.29, 1.82) is 0 Å². The second-order valence-electron chi connectivity index (χ2n) is 9.60. The van der Waals surface area contributed by atoms with Crippen molar-refractivity contribution < 1.29 is 14.3 Å². The van der Waals surface area contributed by atoms with Crippen molar-refractivity contribution in [3.05, 3.63) is 0 Å². The predicted molar refractivity (Wildman–Crippen MR) is 92.2 cm³/mol. The summed E-state index contributed by atoms with van der Waals surface area (Å²) in [6, 6.07) is 0. The Bertz CT molecular complexity index is 555. The van der Waals surface area contributed by atoms with Gasteiger partial charge in [-0.2, -0.15) is 0 Å². The molecule has 0 N–H and O–H groups in total. The van der Waals surface area contributed by atoms with Gasteiger partial charge in [-0.25, -0.2) is 0 Å². The van der Waals surface area contributed by atoms with Gasteiger partial charge in [0.2, 0.25) is 0 Å². The molecule has 4 aliphatic rings. The summed E-state index contributed by atoms with van der Waals surface area (Å²) in [6.07, 6.45) is 9.82. The maximum Gasteiger partial charge on any atom is 0.309 e. The molecule has 3 nitrogen and oxygen atoms in total. The molecule has 0 amide bonds.